The number of imide groups is 1. The van der Waals surface area contributed by atoms with Crippen LogP contribution >= 0.6 is 0 Å². The molecule has 0 fully saturated rings. The van der Waals surface area contributed by atoms with E-state index in [9.17, 15) is 14.4 Å². The molecule has 8 heteroatoms. The molecule has 0 saturated heterocycles. The van der Waals surface area contributed by atoms with Crippen LogP contribution in [0, 0.1) is 0 Å². The summed E-state index contributed by atoms with van der Waals surface area (Å²) in [5.41, 5.74) is 4.18. The van der Waals surface area contributed by atoms with E-state index in [2.05, 4.69) is 23.7 Å². The number of aromatic nitrogens is 1. The third-order valence-corrected chi connectivity index (χ3v) is 7.14. The van der Waals surface area contributed by atoms with Crippen molar-refractivity contribution in [3.63, 3.8) is 0 Å². The fourth-order valence-corrected chi connectivity index (χ4v) is 5.43. The van der Waals surface area contributed by atoms with Crippen molar-refractivity contribution < 1.29 is 18.7 Å². The molecule has 0 saturated carbocycles. The molecular weight excluding hydrogens is 458 g/mol. The van der Waals surface area contributed by atoms with Gasteiger partial charge in [0.25, 0.3) is 5.91 Å². The molecule has 0 aliphatic carbocycles. The Balaban J connectivity index is 1.69. The van der Waals surface area contributed by atoms with Gasteiger partial charge in [0.2, 0.25) is 5.91 Å². The number of methoxy groups -OCH3 is 1. The van der Waals surface area contributed by atoms with Crippen LogP contribution in [0.15, 0.2) is 69.3 Å². The summed E-state index contributed by atoms with van der Waals surface area (Å²) in [6, 6.07) is 11.2. The van der Waals surface area contributed by atoms with Gasteiger partial charge in [-0.15, -0.1) is 0 Å². The number of carbonyl (C=O) groups excluding carboxylic acids is 2. The topological polar surface area (TPSA) is 93.8 Å². The molecular formula is C28H25N3O5. The predicted molar refractivity (Wildman–Crippen MR) is 136 cm³/mol. The predicted octanol–water partition coefficient (Wildman–Crippen LogP) is 4.54. The molecule has 182 valence electrons. The molecule has 2 aliphatic rings. The molecule has 4 heterocycles. The Kier molecular flexibility index (Phi) is 4.83. The third kappa shape index (κ3) is 3.03. The van der Waals surface area contributed by atoms with Gasteiger partial charge in [-0.05, 0) is 49.7 Å². The smallest absolute Gasteiger partial charge is 0.259 e. The van der Waals surface area contributed by atoms with Gasteiger partial charge >= 0.3 is 0 Å². The van der Waals surface area contributed by atoms with Gasteiger partial charge in [-0.2, -0.15) is 0 Å². The van der Waals surface area contributed by atoms with Crippen molar-refractivity contribution >= 4 is 39.4 Å². The molecule has 0 unspecified atom stereocenters. The number of hydrogen-bond acceptors (Lipinski definition) is 6. The quantitative estimate of drug-likeness (QED) is 0.460. The largest absolute Gasteiger partial charge is 0.497 e. The van der Waals surface area contributed by atoms with Crippen molar-refractivity contribution in [1.29, 1.82) is 0 Å². The van der Waals surface area contributed by atoms with Gasteiger partial charge in [-0.25, -0.2) is 0 Å². The first-order chi connectivity index (χ1) is 17.3. The van der Waals surface area contributed by atoms with Crippen LogP contribution < -0.4 is 15.5 Å². The Labute approximate surface area is 206 Å². The first-order valence-corrected chi connectivity index (χ1v) is 11.9. The van der Waals surface area contributed by atoms with Gasteiger partial charge in [0.15, 0.2) is 5.43 Å². The first-order valence-electron chi connectivity index (χ1n) is 11.9. The third-order valence-electron chi connectivity index (χ3n) is 7.14. The van der Waals surface area contributed by atoms with Crippen LogP contribution in [-0.4, -0.2) is 34.9 Å². The van der Waals surface area contributed by atoms with E-state index in [0.717, 1.165) is 22.2 Å². The molecule has 2 aromatic heterocycles. The van der Waals surface area contributed by atoms with Crippen LogP contribution in [0.25, 0.3) is 21.9 Å². The molecule has 8 nitrogen and oxygen atoms in total. The van der Waals surface area contributed by atoms with Crippen LogP contribution in [0.1, 0.15) is 43.9 Å². The minimum Gasteiger partial charge on any atom is -0.497 e. The van der Waals surface area contributed by atoms with E-state index in [4.69, 9.17) is 9.15 Å². The van der Waals surface area contributed by atoms with Crippen molar-refractivity contribution in [1.82, 2.24) is 9.47 Å². The van der Waals surface area contributed by atoms with E-state index >= 15 is 0 Å². The monoisotopic (exact) mass is 483 g/mol. The van der Waals surface area contributed by atoms with Gasteiger partial charge in [0.05, 0.1) is 42.3 Å². The number of benzene rings is 2. The van der Waals surface area contributed by atoms with Crippen LogP contribution in [0.2, 0.25) is 0 Å². The van der Waals surface area contributed by atoms with Crippen molar-refractivity contribution in [2.45, 2.75) is 32.7 Å². The van der Waals surface area contributed by atoms with E-state index in [1.165, 1.54) is 25.2 Å². The second-order valence-electron chi connectivity index (χ2n) is 9.53. The molecule has 1 atom stereocenters. The minimum atomic E-state index is -0.720. The number of rotatable bonds is 3. The Bertz CT molecular complexity index is 1690. The van der Waals surface area contributed by atoms with Gasteiger partial charge in [-0.3, -0.25) is 19.3 Å². The van der Waals surface area contributed by atoms with E-state index in [1.807, 2.05) is 24.4 Å². The molecule has 4 aromatic rings. The molecule has 2 aromatic carbocycles. The zero-order chi connectivity index (χ0) is 25.3. The fraction of sp³-hybridized carbons (Fsp3) is 0.250. The summed E-state index contributed by atoms with van der Waals surface area (Å²) in [5, 5.41) is 4.74. The van der Waals surface area contributed by atoms with E-state index in [-0.39, 0.29) is 23.9 Å². The summed E-state index contributed by atoms with van der Waals surface area (Å²) < 4.78 is 13.4. The standard InChI is InChI=1S/C28H25N3O5/c1-14(2)30-11-18-24(19-13-36-23-9-8-16(35-4)10-17(23)27(19)33)26-21(12-31(15(3)32)28(26)34)29-20-6-5-7-22(30)25(18)20/h5-11,13-14,24,29H,12H2,1-4H3/t24-/m1/s1. The lowest BCUT2D eigenvalue weighted by molar-refractivity contribution is -0.139. The summed E-state index contributed by atoms with van der Waals surface area (Å²) in [6.45, 7) is 5.67. The lowest BCUT2D eigenvalue weighted by atomic mass is 9.84. The van der Waals surface area contributed by atoms with Gasteiger partial charge < -0.3 is 19.0 Å². The normalized spacial score (nSPS) is 17.1. The number of ether oxygens (including phenoxy) is 1. The lowest BCUT2D eigenvalue weighted by Gasteiger charge is -2.19. The Morgan fingerprint density at radius 2 is 1.97 bits per heavy atom. The Morgan fingerprint density at radius 3 is 2.69 bits per heavy atom. The van der Waals surface area contributed by atoms with Crippen LogP contribution in [-0.2, 0) is 9.59 Å². The lowest BCUT2D eigenvalue weighted by Crippen LogP contribution is -2.33. The van der Waals surface area contributed by atoms with E-state index in [1.54, 1.807) is 18.2 Å². The number of nitrogens with one attached hydrogen (secondary N) is 1. The summed E-state index contributed by atoms with van der Waals surface area (Å²) in [5.74, 6) is -0.935. The SMILES string of the molecule is COc1ccc2occ([C@@H]3C4=C(CN(C(C)=O)C4=O)Nc4cccc5c4c3cn5C(C)C)c(=O)c2c1. The highest BCUT2D eigenvalue weighted by atomic mass is 16.5. The average molecular weight is 484 g/mol. The first kappa shape index (κ1) is 22.2. The summed E-state index contributed by atoms with van der Waals surface area (Å²) >= 11 is 0. The second-order valence-corrected chi connectivity index (χ2v) is 9.53. The number of carbonyl (C=O) groups is 2. The molecule has 2 aliphatic heterocycles. The zero-order valence-electron chi connectivity index (χ0n) is 20.4. The molecule has 36 heavy (non-hydrogen) atoms. The second kappa shape index (κ2) is 7.84. The van der Waals surface area contributed by atoms with E-state index < -0.39 is 11.8 Å². The number of amides is 2. The number of hydrogen-bond donors (Lipinski definition) is 1. The molecule has 0 spiro atoms. The zero-order valence-corrected chi connectivity index (χ0v) is 20.4. The van der Waals surface area contributed by atoms with Gasteiger partial charge in [0, 0.05) is 41.5 Å². The van der Waals surface area contributed by atoms with Crippen molar-refractivity contribution in [3.05, 3.63) is 81.5 Å². The highest BCUT2D eigenvalue weighted by Gasteiger charge is 2.42. The van der Waals surface area contributed by atoms with Gasteiger partial charge in [-0.1, -0.05) is 6.07 Å². The molecule has 1 N–H and O–H groups in total. The highest BCUT2D eigenvalue weighted by molar-refractivity contribution is 6.11. The summed E-state index contributed by atoms with van der Waals surface area (Å²) in [7, 11) is 1.54. The molecule has 0 radical (unpaired) electrons. The van der Waals surface area contributed by atoms with Crippen molar-refractivity contribution in [2.24, 2.45) is 0 Å². The maximum absolute atomic E-state index is 13.9. The van der Waals surface area contributed by atoms with Crippen LogP contribution in [0.3, 0.4) is 0 Å². The number of anilines is 1. The molecule has 6 rings (SSSR count). The van der Waals surface area contributed by atoms with E-state index in [0.29, 0.717) is 33.6 Å². The van der Waals surface area contributed by atoms with Crippen LogP contribution in [0.5, 0.6) is 5.75 Å². The Hall–Kier alpha value is -4.33. The molecule has 2 amide bonds. The Morgan fingerprint density at radius 1 is 1.17 bits per heavy atom. The fourth-order valence-electron chi connectivity index (χ4n) is 5.43. The summed E-state index contributed by atoms with van der Waals surface area (Å²) in [6.07, 6.45) is 3.46. The highest BCUT2D eigenvalue weighted by Crippen LogP contribution is 2.46. The van der Waals surface area contributed by atoms with Crippen LogP contribution in [0.4, 0.5) is 5.69 Å². The maximum Gasteiger partial charge on any atom is 0.259 e. The summed E-state index contributed by atoms with van der Waals surface area (Å²) in [4.78, 5) is 41.1. The molecule has 0 bridgehead atoms. The average Bonchev–Trinajstić information content (AvgIpc) is 3.36. The number of fused-ring (bicyclic) bond motifs is 1. The van der Waals surface area contributed by atoms with Crippen molar-refractivity contribution in [2.75, 3.05) is 19.0 Å². The minimum absolute atomic E-state index is 0.123. The number of nitrogens with zero attached hydrogens (tertiary/aromatic N) is 2. The maximum atomic E-state index is 13.9. The van der Waals surface area contributed by atoms with Gasteiger partial charge in [0.1, 0.15) is 11.3 Å². The van der Waals surface area contributed by atoms with Crippen molar-refractivity contribution in [3.8, 4) is 5.75 Å².